The molecule has 5 nitrogen and oxygen atoms in total. The second-order valence-electron chi connectivity index (χ2n) is 4.52. The third kappa shape index (κ3) is 3.84. The Bertz CT molecular complexity index is 295. The van der Waals surface area contributed by atoms with Crippen LogP contribution in [0.4, 0.5) is 0 Å². The van der Waals surface area contributed by atoms with Crippen LogP contribution >= 0.6 is 0 Å². The molecule has 2 amide bonds. The van der Waals surface area contributed by atoms with Gasteiger partial charge in [-0.05, 0) is 31.6 Å². The number of imide groups is 1. The molecule has 5 heteroatoms. The topological polar surface area (TPSA) is 63.7 Å². The summed E-state index contributed by atoms with van der Waals surface area (Å²) in [7, 11) is 1.40. The Balaban J connectivity index is 2.39. The normalized spacial score (nSPS) is 23.9. The smallest absolute Gasteiger partial charge is 0.308 e. The molecule has 0 heterocycles. The van der Waals surface area contributed by atoms with Crippen LogP contribution < -0.4 is 0 Å². The minimum Gasteiger partial charge on any atom is -0.469 e. The van der Waals surface area contributed by atoms with E-state index in [1.807, 2.05) is 0 Å². The van der Waals surface area contributed by atoms with Crippen LogP contribution in [0.25, 0.3) is 0 Å². The molecule has 0 spiro atoms. The molecule has 1 aliphatic rings. The summed E-state index contributed by atoms with van der Waals surface area (Å²) in [4.78, 5) is 34.3. The van der Waals surface area contributed by atoms with Gasteiger partial charge in [0.25, 0.3) is 0 Å². The lowest BCUT2D eigenvalue weighted by atomic mass is 9.82. The van der Waals surface area contributed by atoms with Crippen LogP contribution in [-0.2, 0) is 19.1 Å². The highest BCUT2D eigenvalue weighted by Gasteiger charge is 2.28. The SMILES string of the molecule is COC(=O)C1CCC(CN(C=O)C(C)=O)CC1. The third-order valence-electron chi connectivity index (χ3n) is 3.37. The highest BCUT2D eigenvalue weighted by atomic mass is 16.5. The number of carbonyl (C=O) groups excluding carboxylic acids is 3. The van der Waals surface area contributed by atoms with E-state index < -0.39 is 0 Å². The molecular weight excluding hydrogens is 222 g/mol. The highest BCUT2D eigenvalue weighted by Crippen LogP contribution is 2.29. The number of hydrogen-bond donors (Lipinski definition) is 0. The van der Waals surface area contributed by atoms with Gasteiger partial charge in [-0.2, -0.15) is 0 Å². The van der Waals surface area contributed by atoms with E-state index in [2.05, 4.69) is 0 Å². The van der Waals surface area contributed by atoms with Crippen LogP contribution in [0.1, 0.15) is 32.6 Å². The Hall–Kier alpha value is -1.39. The zero-order valence-electron chi connectivity index (χ0n) is 10.3. The maximum atomic E-state index is 11.3. The summed E-state index contributed by atoms with van der Waals surface area (Å²) in [6, 6.07) is 0. The summed E-state index contributed by atoms with van der Waals surface area (Å²) in [5, 5.41) is 0. The number of hydrogen-bond acceptors (Lipinski definition) is 4. The first kappa shape index (κ1) is 13.7. The van der Waals surface area contributed by atoms with Crippen LogP contribution in [0.15, 0.2) is 0 Å². The first-order valence-corrected chi connectivity index (χ1v) is 5.88. The highest BCUT2D eigenvalue weighted by molar-refractivity contribution is 5.84. The molecule has 1 aliphatic carbocycles. The summed E-state index contributed by atoms with van der Waals surface area (Å²) in [6.45, 7) is 1.85. The fourth-order valence-corrected chi connectivity index (χ4v) is 2.27. The Morgan fingerprint density at radius 2 is 1.88 bits per heavy atom. The van der Waals surface area contributed by atoms with E-state index in [-0.39, 0.29) is 17.8 Å². The Kier molecular flexibility index (Phi) is 5.12. The fourth-order valence-electron chi connectivity index (χ4n) is 2.27. The Morgan fingerprint density at radius 1 is 1.29 bits per heavy atom. The Labute approximate surface area is 101 Å². The monoisotopic (exact) mass is 241 g/mol. The summed E-state index contributed by atoms with van der Waals surface area (Å²) >= 11 is 0. The van der Waals surface area contributed by atoms with Crippen LogP contribution in [0.5, 0.6) is 0 Å². The predicted octanol–water partition coefficient (Wildman–Crippen LogP) is 0.971. The third-order valence-corrected chi connectivity index (χ3v) is 3.37. The first-order chi connectivity index (χ1) is 8.08. The van der Waals surface area contributed by atoms with E-state index in [0.29, 0.717) is 18.9 Å². The fraction of sp³-hybridized carbons (Fsp3) is 0.750. The summed E-state index contributed by atoms with van der Waals surface area (Å²) in [5.41, 5.74) is 0. The minimum absolute atomic E-state index is 0.0155. The molecule has 0 unspecified atom stereocenters. The van der Waals surface area contributed by atoms with Crippen LogP contribution in [-0.4, -0.2) is 36.8 Å². The molecule has 1 fully saturated rings. The van der Waals surface area contributed by atoms with Gasteiger partial charge in [-0.25, -0.2) is 0 Å². The van der Waals surface area contributed by atoms with E-state index in [1.165, 1.54) is 18.9 Å². The number of methoxy groups -OCH3 is 1. The number of esters is 1. The zero-order valence-corrected chi connectivity index (χ0v) is 10.3. The Morgan fingerprint density at radius 3 is 2.29 bits per heavy atom. The van der Waals surface area contributed by atoms with Crippen molar-refractivity contribution in [3.63, 3.8) is 0 Å². The van der Waals surface area contributed by atoms with Crippen molar-refractivity contribution in [1.29, 1.82) is 0 Å². The second kappa shape index (κ2) is 6.37. The van der Waals surface area contributed by atoms with Gasteiger partial charge in [0.15, 0.2) is 0 Å². The number of carbonyl (C=O) groups is 3. The van der Waals surface area contributed by atoms with Gasteiger partial charge in [0.1, 0.15) is 0 Å². The summed E-state index contributed by atoms with van der Waals surface area (Å²) < 4.78 is 4.71. The molecule has 0 radical (unpaired) electrons. The van der Waals surface area contributed by atoms with E-state index in [9.17, 15) is 14.4 Å². The van der Waals surface area contributed by atoms with E-state index in [0.717, 1.165) is 25.7 Å². The molecular formula is C12H19NO4. The predicted molar refractivity (Wildman–Crippen MR) is 60.9 cm³/mol. The van der Waals surface area contributed by atoms with Gasteiger partial charge in [0.2, 0.25) is 12.3 Å². The van der Waals surface area contributed by atoms with Crippen molar-refractivity contribution in [2.45, 2.75) is 32.6 Å². The van der Waals surface area contributed by atoms with Gasteiger partial charge in [-0.1, -0.05) is 0 Å². The molecule has 0 aromatic carbocycles. The maximum absolute atomic E-state index is 11.3. The van der Waals surface area contributed by atoms with E-state index >= 15 is 0 Å². The van der Waals surface area contributed by atoms with Crippen molar-refractivity contribution in [3.8, 4) is 0 Å². The quantitative estimate of drug-likeness (QED) is 0.543. The van der Waals surface area contributed by atoms with E-state index in [1.54, 1.807) is 0 Å². The lowest BCUT2D eigenvalue weighted by Gasteiger charge is -2.29. The minimum atomic E-state index is -0.227. The molecule has 0 aromatic rings. The molecule has 1 saturated carbocycles. The van der Waals surface area contributed by atoms with Crippen LogP contribution in [0.2, 0.25) is 0 Å². The van der Waals surface area contributed by atoms with Gasteiger partial charge in [0, 0.05) is 13.5 Å². The van der Waals surface area contributed by atoms with Crippen molar-refractivity contribution < 1.29 is 19.1 Å². The van der Waals surface area contributed by atoms with Crippen molar-refractivity contribution in [2.24, 2.45) is 11.8 Å². The lowest BCUT2D eigenvalue weighted by Crippen LogP contribution is -2.34. The van der Waals surface area contributed by atoms with E-state index in [4.69, 9.17) is 4.74 Å². The zero-order chi connectivity index (χ0) is 12.8. The van der Waals surface area contributed by atoms with Crippen molar-refractivity contribution >= 4 is 18.3 Å². The molecule has 17 heavy (non-hydrogen) atoms. The number of nitrogens with zero attached hydrogens (tertiary/aromatic N) is 1. The van der Waals surface area contributed by atoms with Crippen molar-refractivity contribution in [1.82, 2.24) is 4.90 Å². The molecule has 0 bridgehead atoms. The second-order valence-corrected chi connectivity index (χ2v) is 4.52. The van der Waals surface area contributed by atoms with Gasteiger partial charge in [0.05, 0.1) is 13.0 Å². The van der Waals surface area contributed by atoms with Crippen molar-refractivity contribution in [3.05, 3.63) is 0 Å². The lowest BCUT2D eigenvalue weighted by molar-refractivity contribution is -0.147. The van der Waals surface area contributed by atoms with Gasteiger partial charge in [-0.3, -0.25) is 19.3 Å². The van der Waals surface area contributed by atoms with Crippen LogP contribution in [0.3, 0.4) is 0 Å². The average Bonchev–Trinajstić information content (AvgIpc) is 2.35. The largest absolute Gasteiger partial charge is 0.469 e. The molecule has 0 N–H and O–H groups in total. The average molecular weight is 241 g/mol. The molecule has 96 valence electrons. The number of rotatable bonds is 4. The molecule has 0 atom stereocenters. The van der Waals surface area contributed by atoms with Gasteiger partial charge < -0.3 is 4.74 Å². The summed E-state index contributed by atoms with van der Waals surface area (Å²) in [6.07, 6.45) is 3.85. The molecule has 1 rings (SSSR count). The maximum Gasteiger partial charge on any atom is 0.308 e. The van der Waals surface area contributed by atoms with Crippen molar-refractivity contribution in [2.75, 3.05) is 13.7 Å². The number of ether oxygens (including phenoxy) is 1. The van der Waals surface area contributed by atoms with Gasteiger partial charge >= 0.3 is 5.97 Å². The molecule has 0 saturated heterocycles. The van der Waals surface area contributed by atoms with Gasteiger partial charge in [-0.15, -0.1) is 0 Å². The standard InChI is InChI=1S/C12H19NO4/c1-9(15)13(8-14)7-10-3-5-11(6-4-10)12(16)17-2/h8,10-11H,3-7H2,1-2H3. The number of amides is 2. The molecule has 0 aliphatic heterocycles. The van der Waals surface area contributed by atoms with Crippen LogP contribution in [0, 0.1) is 11.8 Å². The summed E-state index contributed by atoms with van der Waals surface area (Å²) in [5.74, 6) is -0.0828. The first-order valence-electron chi connectivity index (χ1n) is 5.88. The molecule has 0 aromatic heterocycles.